The van der Waals surface area contributed by atoms with Crippen LogP contribution < -0.4 is 5.32 Å². The summed E-state index contributed by atoms with van der Waals surface area (Å²) in [6.07, 6.45) is 0.853. The Hall–Kier alpha value is -2.54. The zero-order valence-electron chi connectivity index (χ0n) is 13.1. The predicted molar refractivity (Wildman–Crippen MR) is 95.4 cm³/mol. The van der Waals surface area contributed by atoms with E-state index in [0.29, 0.717) is 5.82 Å². The molecule has 0 aliphatic carbocycles. The number of rotatable bonds is 5. The summed E-state index contributed by atoms with van der Waals surface area (Å²) < 4.78 is 0.979. The van der Waals surface area contributed by atoms with Crippen molar-refractivity contribution in [1.29, 1.82) is 0 Å². The summed E-state index contributed by atoms with van der Waals surface area (Å²) in [6, 6.07) is 15.3. The smallest absolute Gasteiger partial charge is 0.248 e. The number of carbonyl (C=O) groups is 1. The highest BCUT2D eigenvalue weighted by atomic mass is 79.9. The van der Waals surface area contributed by atoms with Crippen LogP contribution in [0.4, 0.5) is 5.69 Å². The summed E-state index contributed by atoms with van der Waals surface area (Å²) >= 11 is 3.38. The van der Waals surface area contributed by atoms with Crippen molar-refractivity contribution in [2.24, 2.45) is 0 Å². The topological polar surface area (TPSA) is 72.7 Å². The van der Waals surface area contributed by atoms with Crippen molar-refractivity contribution in [3.05, 3.63) is 58.6 Å². The van der Waals surface area contributed by atoms with E-state index in [1.54, 1.807) is 0 Å². The van der Waals surface area contributed by atoms with Gasteiger partial charge in [0.2, 0.25) is 11.7 Å². The fourth-order valence-electron chi connectivity index (χ4n) is 2.29. The molecule has 0 fully saturated rings. The number of hydrogen-bond acceptors (Lipinski definition) is 4. The molecule has 122 valence electrons. The SMILES string of the molecule is CCc1ccccc1NC(=O)Cn1nnc(-c2ccc(Br)cc2)n1. The maximum absolute atomic E-state index is 12.2. The number of nitrogens with one attached hydrogen (secondary N) is 1. The second-order valence-electron chi connectivity index (χ2n) is 5.21. The Balaban J connectivity index is 1.68. The molecule has 1 N–H and O–H groups in total. The van der Waals surface area contributed by atoms with Crippen LogP contribution in [0.3, 0.4) is 0 Å². The first-order valence-corrected chi connectivity index (χ1v) is 8.36. The van der Waals surface area contributed by atoms with Crippen molar-refractivity contribution < 1.29 is 4.79 Å². The predicted octanol–water partition coefficient (Wildman–Crippen LogP) is 3.30. The van der Waals surface area contributed by atoms with Gasteiger partial charge in [0.15, 0.2) is 0 Å². The molecule has 0 spiro atoms. The number of anilines is 1. The third kappa shape index (κ3) is 3.86. The van der Waals surface area contributed by atoms with Crippen molar-refractivity contribution in [1.82, 2.24) is 20.2 Å². The van der Waals surface area contributed by atoms with Crippen molar-refractivity contribution in [2.45, 2.75) is 19.9 Å². The van der Waals surface area contributed by atoms with Crippen LogP contribution in [-0.2, 0) is 17.8 Å². The average Bonchev–Trinajstić information content (AvgIpc) is 3.04. The van der Waals surface area contributed by atoms with E-state index in [9.17, 15) is 4.79 Å². The quantitative estimate of drug-likeness (QED) is 0.730. The third-order valence-corrected chi connectivity index (χ3v) is 4.04. The molecule has 2 aromatic carbocycles. The number of carbonyl (C=O) groups excluding carboxylic acids is 1. The minimum absolute atomic E-state index is 0.0155. The van der Waals surface area contributed by atoms with Crippen LogP contribution in [0.15, 0.2) is 53.0 Å². The fraction of sp³-hybridized carbons (Fsp3) is 0.176. The number of tetrazole rings is 1. The number of aromatic nitrogens is 4. The van der Waals surface area contributed by atoms with E-state index in [-0.39, 0.29) is 12.5 Å². The van der Waals surface area contributed by atoms with Crippen molar-refractivity contribution in [2.75, 3.05) is 5.32 Å². The van der Waals surface area contributed by atoms with Gasteiger partial charge in [-0.25, -0.2) is 0 Å². The standard InChI is InChI=1S/C17H16BrN5O/c1-2-12-5-3-4-6-15(12)19-16(24)11-23-21-17(20-22-23)13-7-9-14(18)10-8-13/h3-10H,2,11H2,1H3,(H,19,24). The monoisotopic (exact) mass is 385 g/mol. The van der Waals surface area contributed by atoms with Gasteiger partial charge in [0.05, 0.1) is 0 Å². The Bertz CT molecular complexity index is 844. The van der Waals surface area contributed by atoms with Crippen LogP contribution in [-0.4, -0.2) is 26.1 Å². The van der Waals surface area contributed by atoms with E-state index in [2.05, 4.69) is 43.6 Å². The van der Waals surface area contributed by atoms with Crippen LogP contribution in [0.25, 0.3) is 11.4 Å². The van der Waals surface area contributed by atoms with Gasteiger partial charge in [-0.05, 0) is 47.5 Å². The molecule has 24 heavy (non-hydrogen) atoms. The largest absolute Gasteiger partial charge is 0.324 e. The molecule has 0 radical (unpaired) electrons. The number of benzene rings is 2. The summed E-state index contributed by atoms with van der Waals surface area (Å²) in [5, 5.41) is 15.1. The summed E-state index contributed by atoms with van der Waals surface area (Å²) in [5.41, 5.74) is 2.76. The second kappa shape index (κ2) is 7.35. The molecule has 1 amide bonds. The van der Waals surface area contributed by atoms with Crippen LogP contribution in [0.2, 0.25) is 0 Å². The van der Waals surface area contributed by atoms with Gasteiger partial charge < -0.3 is 5.32 Å². The average molecular weight is 386 g/mol. The fourth-order valence-corrected chi connectivity index (χ4v) is 2.56. The number of halogens is 1. The van der Waals surface area contributed by atoms with Crippen LogP contribution in [0.1, 0.15) is 12.5 Å². The number of hydrogen-bond donors (Lipinski definition) is 1. The number of aryl methyl sites for hydroxylation is 1. The first-order chi connectivity index (χ1) is 11.7. The summed E-state index contributed by atoms with van der Waals surface area (Å²) in [6.45, 7) is 2.07. The molecule has 0 saturated heterocycles. The lowest BCUT2D eigenvalue weighted by molar-refractivity contribution is -0.117. The van der Waals surface area contributed by atoms with E-state index in [0.717, 1.165) is 27.7 Å². The van der Waals surface area contributed by atoms with E-state index in [4.69, 9.17) is 0 Å². The first kappa shape index (κ1) is 16.3. The molecule has 1 heterocycles. The lowest BCUT2D eigenvalue weighted by Crippen LogP contribution is -2.21. The first-order valence-electron chi connectivity index (χ1n) is 7.57. The Morgan fingerprint density at radius 3 is 2.67 bits per heavy atom. The van der Waals surface area contributed by atoms with Gasteiger partial charge in [0.25, 0.3) is 0 Å². The molecule has 3 rings (SSSR count). The maximum Gasteiger partial charge on any atom is 0.248 e. The molecule has 0 aliphatic rings. The zero-order chi connectivity index (χ0) is 16.9. The lowest BCUT2D eigenvalue weighted by Gasteiger charge is -2.08. The Morgan fingerprint density at radius 1 is 1.17 bits per heavy atom. The normalized spacial score (nSPS) is 10.6. The summed E-state index contributed by atoms with van der Waals surface area (Å²) in [4.78, 5) is 13.5. The third-order valence-electron chi connectivity index (χ3n) is 3.51. The molecule has 0 saturated carbocycles. The number of para-hydroxylation sites is 1. The summed E-state index contributed by atoms with van der Waals surface area (Å²) in [5.74, 6) is 0.305. The molecular formula is C17H16BrN5O. The second-order valence-corrected chi connectivity index (χ2v) is 6.12. The van der Waals surface area contributed by atoms with Gasteiger partial charge in [-0.1, -0.05) is 41.1 Å². The van der Waals surface area contributed by atoms with Gasteiger partial charge in [-0.2, -0.15) is 4.80 Å². The van der Waals surface area contributed by atoms with Crippen molar-refractivity contribution in [3.8, 4) is 11.4 Å². The Kier molecular flexibility index (Phi) is 5.00. The summed E-state index contributed by atoms with van der Waals surface area (Å²) in [7, 11) is 0. The van der Waals surface area contributed by atoms with Gasteiger partial charge >= 0.3 is 0 Å². The van der Waals surface area contributed by atoms with E-state index >= 15 is 0 Å². The Morgan fingerprint density at radius 2 is 1.92 bits per heavy atom. The van der Waals surface area contributed by atoms with E-state index in [1.807, 2.05) is 48.5 Å². The molecule has 0 atom stereocenters. The molecule has 0 unspecified atom stereocenters. The minimum Gasteiger partial charge on any atom is -0.324 e. The van der Waals surface area contributed by atoms with E-state index < -0.39 is 0 Å². The van der Waals surface area contributed by atoms with Gasteiger partial charge in [0, 0.05) is 15.7 Å². The van der Waals surface area contributed by atoms with E-state index in [1.165, 1.54) is 4.80 Å². The van der Waals surface area contributed by atoms with Crippen molar-refractivity contribution in [3.63, 3.8) is 0 Å². The highest BCUT2D eigenvalue weighted by Crippen LogP contribution is 2.18. The number of amides is 1. The van der Waals surface area contributed by atoms with Crippen LogP contribution in [0.5, 0.6) is 0 Å². The molecule has 1 aromatic heterocycles. The van der Waals surface area contributed by atoms with Gasteiger partial charge in [-0.15, -0.1) is 10.2 Å². The van der Waals surface area contributed by atoms with Crippen LogP contribution in [0, 0.1) is 0 Å². The molecular weight excluding hydrogens is 370 g/mol. The molecule has 0 bridgehead atoms. The van der Waals surface area contributed by atoms with Crippen molar-refractivity contribution >= 4 is 27.5 Å². The highest BCUT2D eigenvalue weighted by Gasteiger charge is 2.10. The molecule has 7 heteroatoms. The van der Waals surface area contributed by atoms with Gasteiger partial charge in [-0.3, -0.25) is 4.79 Å². The molecule has 0 aliphatic heterocycles. The van der Waals surface area contributed by atoms with Crippen LogP contribution >= 0.6 is 15.9 Å². The molecule has 6 nitrogen and oxygen atoms in total. The highest BCUT2D eigenvalue weighted by molar-refractivity contribution is 9.10. The lowest BCUT2D eigenvalue weighted by atomic mass is 10.1. The number of nitrogens with zero attached hydrogens (tertiary/aromatic N) is 4. The zero-order valence-corrected chi connectivity index (χ0v) is 14.7. The molecule has 3 aromatic rings. The Labute approximate surface area is 148 Å². The maximum atomic E-state index is 12.2. The van der Waals surface area contributed by atoms with Gasteiger partial charge in [0.1, 0.15) is 6.54 Å². The minimum atomic E-state index is -0.185.